The first-order valence-corrected chi connectivity index (χ1v) is 15.3. The lowest BCUT2D eigenvalue weighted by Crippen LogP contribution is -2.60. The topological polar surface area (TPSA) is 35.5 Å². The first kappa shape index (κ1) is 18.9. The summed E-state index contributed by atoms with van der Waals surface area (Å²) in [6.07, 6.45) is 0.840. The second kappa shape index (κ2) is 6.44. The molecule has 1 aromatic carbocycles. The van der Waals surface area contributed by atoms with Gasteiger partial charge in [-0.1, -0.05) is 29.8 Å². The standard InChI is InChI=1S/C17H27ClO3Si2/c1-22(2,3)20-16(13-9-7-8-10-14(13)18)17(12-11-15(17)19)21-23(4,5)6/h7-10,16H,11-12H2,1-6H3. The number of benzene rings is 1. The third-order valence-electron chi connectivity index (χ3n) is 3.77. The first-order chi connectivity index (χ1) is 10.4. The average molecular weight is 371 g/mol. The molecule has 23 heavy (non-hydrogen) atoms. The van der Waals surface area contributed by atoms with E-state index < -0.39 is 28.3 Å². The van der Waals surface area contributed by atoms with Crippen molar-refractivity contribution in [2.24, 2.45) is 0 Å². The quantitative estimate of drug-likeness (QED) is 0.646. The van der Waals surface area contributed by atoms with Gasteiger partial charge in [-0.05, 0) is 51.8 Å². The van der Waals surface area contributed by atoms with Gasteiger partial charge >= 0.3 is 0 Å². The molecule has 0 amide bonds. The molecule has 1 aliphatic carbocycles. The van der Waals surface area contributed by atoms with E-state index in [9.17, 15) is 4.79 Å². The van der Waals surface area contributed by atoms with E-state index in [1.807, 2.05) is 24.3 Å². The second-order valence-corrected chi connectivity index (χ2v) is 17.5. The number of rotatable bonds is 6. The van der Waals surface area contributed by atoms with E-state index >= 15 is 0 Å². The van der Waals surface area contributed by atoms with Gasteiger partial charge in [0, 0.05) is 17.0 Å². The third kappa shape index (κ3) is 4.34. The molecule has 1 aliphatic rings. The van der Waals surface area contributed by atoms with Crippen molar-refractivity contribution in [1.82, 2.24) is 0 Å². The Hall–Kier alpha value is -0.466. The molecule has 0 spiro atoms. The number of halogens is 1. The number of hydrogen-bond acceptors (Lipinski definition) is 3. The number of hydrogen-bond donors (Lipinski definition) is 0. The maximum atomic E-state index is 12.6. The molecule has 2 atom stereocenters. The fourth-order valence-electron chi connectivity index (χ4n) is 2.91. The lowest BCUT2D eigenvalue weighted by atomic mass is 9.72. The zero-order valence-corrected chi connectivity index (χ0v) is 17.7. The van der Waals surface area contributed by atoms with Gasteiger partial charge in [-0.3, -0.25) is 4.79 Å². The van der Waals surface area contributed by atoms with Crippen LogP contribution in [-0.4, -0.2) is 28.0 Å². The van der Waals surface area contributed by atoms with Crippen LogP contribution in [0.4, 0.5) is 0 Å². The number of carbonyl (C=O) groups excluding carboxylic acids is 1. The molecule has 1 fully saturated rings. The normalized spacial score (nSPS) is 23.5. The van der Waals surface area contributed by atoms with E-state index in [0.717, 1.165) is 5.56 Å². The highest BCUT2D eigenvalue weighted by atomic mass is 35.5. The summed E-state index contributed by atoms with van der Waals surface area (Å²) < 4.78 is 12.9. The predicted molar refractivity (Wildman–Crippen MR) is 100 cm³/mol. The van der Waals surface area contributed by atoms with Crippen molar-refractivity contribution in [3.63, 3.8) is 0 Å². The van der Waals surface area contributed by atoms with Crippen LogP contribution in [0, 0.1) is 0 Å². The average Bonchev–Trinajstić information content (AvgIpc) is 2.39. The van der Waals surface area contributed by atoms with Crippen molar-refractivity contribution in [1.29, 1.82) is 0 Å². The van der Waals surface area contributed by atoms with E-state index in [1.54, 1.807) is 0 Å². The highest BCUT2D eigenvalue weighted by Gasteiger charge is 2.57. The van der Waals surface area contributed by atoms with E-state index in [2.05, 4.69) is 39.3 Å². The van der Waals surface area contributed by atoms with Crippen LogP contribution in [0.15, 0.2) is 24.3 Å². The number of ketones is 1. The highest BCUT2D eigenvalue weighted by molar-refractivity contribution is 6.70. The van der Waals surface area contributed by atoms with Gasteiger partial charge in [-0.15, -0.1) is 0 Å². The molecule has 128 valence electrons. The molecule has 1 saturated carbocycles. The monoisotopic (exact) mass is 370 g/mol. The Bertz CT molecular complexity index is 592. The molecule has 0 radical (unpaired) electrons. The summed E-state index contributed by atoms with van der Waals surface area (Å²) in [7, 11) is -3.82. The Kier molecular flexibility index (Phi) is 5.29. The lowest BCUT2D eigenvalue weighted by molar-refractivity contribution is -0.162. The molecular weight excluding hydrogens is 344 g/mol. The van der Waals surface area contributed by atoms with Crippen LogP contribution in [-0.2, 0) is 13.6 Å². The van der Waals surface area contributed by atoms with Crippen molar-refractivity contribution in [2.45, 2.75) is 63.8 Å². The molecule has 6 heteroatoms. The van der Waals surface area contributed by atoms with Gasteiger partial charge in [0.1, 0.15) is 11.7 Å². The molecule has 0 heterocycles. The fraction of sp³-hybridized carbons (Fsp3) is 0.588. The number of carbonyl (C=O) groups is 1. The minimum absolute atomic E-state index is 0.142. The van der Waals surface area contributed by atoms with Crippen molar-refractivity contribution in [3.05, 3.63) is 34.9 Å². The van der Waals surface area contributed by atoms with Gasteiger partial charge in [-0.2, -0.15) is 0 Å². The molecular formula is C17H27ClO3Si2. The molecule has 0 N–H and O–H groups in total. The summed E-state index contributed by atoms with van der Waals surface area (Å²) in [6, 6.07) is 7.64. The van der Waals surface area contributed by atoms with E-state index in [1.165, 1.54) is 0 Å². The molecule has 1 aromatic rings. The SMILES string of the molecule is C[Si](C)(C)OC(c1ccccc1Cl)C1(O[Si](C)(C)C)CCC1=O. The summed E-state index contributed by atoms with van der Waals surface area (Å²) >= 11 is 6.43. The van der Waals surface area contributed by atoms with Crippen molar-refractivity contribution >= 4 is 34.0 Å². The minimum atomic E-state index is -1.92. The highest BCUT2D eigenvalue weighted by Crippen LogP contribution is 2.48. The van der Waals surface area contributed by atoms with Crippen LogP contribution in [0.1, 0.15) is 24.5 Å². The van der Waals surface area contributed by atoms with E-state index in [0.29, 0.717) is 17.9 Å². The largest absolute Gasteiger partial charge is 0.407 e. The lowest BCUT2D eigenvalue weighted by Gasteiger charge is -2.50. The Morgan fingerprint density at radius 3 is 2.09 bits per heavy atom. The zero-order chi connectivity index (χ0) is 17.5. The molecule has 3 nitrogen and oxygen atoms in total. The summed E-state index contributed by atoms with van der Waals surface area (Å²) in [4.78, 5) is 12.6. The second-order valence-electron chi connectivity index (χ2n) is 8.16. The van der Waals surface area contributed by atoms with Crippen LogP contribution in [0.2, 0.25) is 44.3 Å². The first-order valence-electron chi connectivity index (χ1n) is 8.10. The van der Waals surface area contributed by atoms with Crippen molar-refractivity contribution < 1.29 is 13.6 Å². The van der Waals surface area contributed by atoms with Crippen molar-refractivity contribution in [3.8, 4) is 0 Å². The Labute approximate surface area is 146 Å². The van der Waals surface area contributed by atoms with Crippen LogP contribution >= 0.6 is 11.6 Å². The van der Waals surface area contributed by atoms with Gasteiger partial charge in [0.15, 0.2) is 22.4 Å². The van der Waals surface area contributed by atoms with E-state index in [4.69, 9.17) is 20.5 Å². The van der Waals surface area contributed by atoms with Gasteiger partial charge in [0.2, 0.25) is 0 Å². The third-order valence-corrected chi connectivity index (χ3v) is 6.03. The molecule has 0 saturated heterocycles. The summed E-state index contributed by atoms with van der Waals surface area (Å²) in [5.74, 6) is 0.142. The van der Waals surface area contributed by atoms with Gasteiger partial charge in [0.25, 0.3) is 0 Å². The maximum absolute atomic E-state index is 12.6. The Morgan fingerprint density at radius 2 is 1.70 bits per heavy atom. The molecule has 2 rings (SSSR count). The Balaban J connectivity index is 2.51. The summed E-state index contributed by atoms with van der Waals surface area (Å²) in [5.41, 5.74) is -0.00154. The Morgan fingerprint density at radius 1 is 1.09 bits per heavy atom. The number of Topliss-reactive ketones (excluding diaryl/α,β-unsaturated/α-hetero) is 1. The summed E-state index contributed by atoms with van der Waals surface area (Å²) in [5, 5.41) is 0.633. The van der Waals surface area contributed by atoms with Crippen molar-refractivity contribution in [2.75, 3.05) is 0 Å². The molecule has 0 aliphatic heterocycles. The fourth-order valence-corrected chi connectivity index (χ4v) is 5.58. The molecule has 2 unspecified atom stereocenters. The van der Waals surface area contributed by atoms with Crippen LogP contribution in [0.3, 0.4) is 0 Å². The van der Waals surface area contributed by atoms with E-state index in [-0.39, 0.29) is 5.78 Å². The van der Waals surface area contributed by atoms with Gasteiger partial charge < -0.3 is 8.85 Å². The van der Waals surface area contributed by atoms with Gasteiger partial charge in [0.05, 0.1) is 0 Å². The predicted octanol–water partition coefficient (Wildman–Crippen LogP) is 5.19. The van der Waals surface area contributed by atoms with Gasteiger partial charge in [-0.25, -0.2) is 0 Å². The molecule has 0 aromatic heterocycles. The minimum Gasteiger partial charge on any atom is -0.407 e. The molecule has 0 bridgehead atoms. The summed E-state index contributed by atoms with van der Waals surface area (Å²) in [6.45, 7) is 12.7. The zero-order valence-electron chi connectivity index (χ0n) is 14.9. The van der Waals surface area contributed by atoms with Crippen LogP contribution in [0.5, 0.6) is 0 Å². The smallest absolute Gasteiger partial charge is 0.185 e. The maximum Gasteiger partial charge on any atom is 0.185 e. The van der Waals surface area contributed by atoms with Crippen LogP contribution < -0.4 is 0 Å². The van der Waals surface area contributed by atoms with Crippen LogP contribution in [0.25, 0.3) is 0 Å².